The lowest BCUT2D eigenvalue weighted by atomic mass is 9.99. The second kappa shape index (κ2) is 6.79. The third-order valence-electron chi connectivity index (χ3n) is 3.74. The van der Waals surface area contributed by atoms with Gasteiger partial charge in [-0.1, -0.05) is 54.1 Å². The average Bonchev–Trinajstić information content (AvgIpc) is 2.56. The van der Waals surface area contributed by atoms with Crippen LogP contribution in [0.4, 0.5) is 13.2 Å². The van der Waals surface area contributed by atoms with Crippen LogP contribution in [0.1, 0.15) is 5.56 Å². The highest BCUT2D eigenvalue weighted by Gasteiger charge is 2.09. The molecule has 0 aromatic heterocycles. The van der Waals surface area contributed by atoms with Gasteiger partial charge < -0.3 is 4.74 Å². The standard InChI is InChI=1S/C20H15F3O/c1-13-2-4-14(5-3-13)16-8-11-18(19(21)12-16)15-6-9-17(10-7-15)24-20(22)23/h2-12,20H,1H3. The van der Waals surface area contributed by atoms with Gasteiger partial charge in [-0.05, 0) is 41.8 Å². The van der Waals surface area contributed by atoms with Crippen molar-refractivity contribution in [2.24, 2.45) is 0 Å². The van der Waals surface area contributed by atoms with Gasteiger partial charge in [0, 0.05) is 5.56 Å². The van der Waals surface area contributed by atoms with Crippen molar-refractivity contribution in [3.63, 3.8) is 0 Å². The third kappa shape index (κ3) is 3.59. The van der Waals surface area contributed by atoms with Crippen LogP contribution in [-0.4, -0.2) is 6.61 Å². The minimum atomic E-state index is -2.87. The van der Waals surface area contributed by atoms with Crippen LogP contribution in [0.5, 0.6) is 5.75 Å². The largest absolute Gasteiger partial charge is 0.435 e. The maximum Gasteiger partial charge on any atom is 0.387 e. The molecule has 3 rings (SSSR count). The first kappa shape index (κ1) is 16.1. The summed E-state index contributed by atoms with van der Waals surface area (Å²) in [4.78, 5) is 0. The highest BCUT2D eigenvalue weighted by Crippen LogP contribution is 2.29. The molecule has 3 aromatic carbocycles. The molecule has 0 aliphatic rings. The van der Waals surface area contributed by atoms with Crippen LogP contribution < -0.4 is 4.74 Å². The molecule has 0 bridgehead atoms. The van der Waals surface area contributed by atoms with E-state index in [9.17, 15) is 13.2 Å². The Hall–Kier alpha value is -2.75. The van der Waals surface area contributed by atoms with E-state index in [4.69, 9.17) is 0 Å². The summed E-state index contributed by atoms with van der Waals surface area (Å²) in [6, 6.07) is 18.8. The monoisotopic (exact) mass is 328 g/mol. The summed E-state index contributed by atoms with van der Waals surface area (Å²) in [6.07, 6.45) is 0. The Kier molecular flexibility index (Phi) is 4.56. The molecular formula is C20H15F3O. The number of hydrogen-bond donors (Lipinski definition) is 0. The highest BCUT2D eigenvalue weighted by molar-refractivity contribution is 5.71. The molecule has 0 unspecified atom stereocenters. The number of rotatable bonds is 4. The molecule has 0 spiro atoms. The number of ether oxygens (including phenoxy) is 1. The number of halogens is 3. The minimum absolute atomic E-state index is 0.0467. The Morgan fingerprint density at radius 1 is 0.750 bits per heavy atom. The summed E-state index contributed by atoms with van der Waals surface area (Å²) in [5, 5.41) is 0. The Morgan fingerprint density at radius 3 is 1.92 bits per heavy atom. The molecule has 0 amide bonds. The van der Waals surface area contributed by atoms with Crippen molar-refractivity contribution < 1.29 is 17.9 Å². The van der Waals surface area contributed by atoms with Gasteiger partial charge in [0.2, 0.25) is 0 Å². The molecule has 0 N–H and O–H groups in total. The molecule has 24 heavy (non-hydrogen) atoms. The average molecular weight is 328 g/mol. The van der Waals surface area contributed by atoms with Gasteiger partial charge in [-0.25, -0.2) is 4.39 Å². The van der Waals surface area contributed by atoms with E-state index in [1.54, 1.807) is 18.2 Å². The van der Waals surface area contributed by atoms with Crippen LogP contribution in [0.3, 0.4) is 0 Å². The van der Waals surface area contributed by atoms with Crippen molar-refractivity contribution in [2.75, 3.05) is 0 Å². The van der Waals surface area contributed by atoms with Crippen LogP contribution in [0.15, 0.2) is 66.7 Å². The first-order chi connectivity index (χ1) is 11.5. The molecule has 3 aromatic rings. The van der Waals surface area contributed by atoms with Crippen molar-refractivity contribution in [3.05, 3.63) is 78.1 Å². The molecule has 0 saturated carbocycles. The zero-order valence-corrected chi connectivity index (χ0v) is 13.0. The van der Waals surface area contributed by atoms with E-state index in [0.717, 1.165) is 16.7 Å². The summed E-state index contributed by atoms with van der Waals surface area (Å²) in [5.74, 6) is -0.318. The van der Waals surface area contributed by atoms with E-state index in [0.29, 0.717) is 11.1 Å². The smallest absolute Gasteiger partial charge is 0.387 e. The molecule has 0 fully saturated rings. The lowest BCUT2D eigenvalue weighted by Crippen LogP contribution is -2.01. The lowest BCUT2D eigenvalue weighted by molar-refractivity contribution is -0.0498. The maximum atomic E-state index is 14.5. The predicted molar refractivity (Wildman–Crippen MR) is 88.6 cm³/mol. The Balaban J connectivity index is 1.88. The van der Waals surface area contributed by atoms with Crippen molar-refractivity contribution in [2.45, 2.75) is 13.5 Å². The second-order valence-electron chi connectivity index (χ2n) is 5.46. The summed E-state index contributed by atoms with van der Waals surface area (Å²) < 4.78 is 43.1. The fourth-order valence-electron chi connectivity index (χ4n) is 2.49. The summed E-state index contributed by atoms with van der Waals surface area (Å²) in [5.41, 5.74) is 3.88. The number of alkyl halides is 2. The van der Waals surface area contributed by atoms with Crippen LogP contribution in [0.2, 0.25) is 0 Å². The van der Waals surface area contributed by atoms with E-state index >= 15 is 0 Å². The predicted octanol–water partition coefficient (Wildman–Crippen LogP) is 6.07. The summed E-state index contributed by atoms with van der Waals surface area (Å²) in [6.45, 7) is -0.879. The van der Waals surface area contributed by atoms with Crippen LogP contribution >= 0.6 is 0 Å². The van der Waals surface area contributed by atoms with Gasteiger partial charge in [0.1, 0.15) is 11.6 Å². The van der Waals surface area contributed by atoms with Gasteiger partial charge in [0.05, 0.1) is 0 Å². The maximum absolute atomic E-state index is 14.5. The van der Waals surface area contributed by atoms with Gasteiger partial charge in [0.25, 0.3) is 0 Å². The summed E-state index contributed by atoms with van der Waals surface area (Å²) >= 11 is 0. The van der Waals surface area contributed by atoms with E-state index in [-0.39, 0.29) is 11.6 Å². The topological polar surface area (TPSA) is 9.23 Å². The zero-order valence-electron chi connectivity index (χ0n) is 13.0. The highest BCUT2D eigenvalue weighted by atomic mass is 19.3. The SMILES string of the molecule is Cc1ccc(-c2ccc(-c3ccc(OC(F)F)cc3)c(F)c2)cc1. The second-order valence-corrected chi connectivity index (χ2v) is 5.46. The number of aryl methyl sites for hydroxylation is 1. The molecule has 0 atom stereocenters. The molecule has 0 heterocycles. The zero-order chi connectivity index (χ0) is 17.1. The molecule has 0 aliphatic carbocycles. The van der Waals surface area contributed by atoms with Crippen LogP contribution in [-0.2, 0) is 0 Å². The first-order valence-electron chi connectivity index (χ1n) is 7.45. The van der Waals surface area contributed by atoms with Gasteiger partial charge in [-0.2, -0.15) is 8.78 Å². The molecule has 0 radical (unpaired) electrons. The van der Waals surface area contributed by atoms with Crippen LogP contribution in [0.25, 0.3) is 22.3 Å². The Bertz CT molecular complexity index is 825. The molecule has 1 nitrogen and oxygen atoms in total. The molecule has 0 saturated heterocycles. The van der Waals surface area contributed by atoms with E-state index < -0.39 is 6.61 Å². The number of hydrogen-bond acceptors (Lipinski definition) is 1. The quantitative estimate of drug-likeness (QED) is 0.565. The molecule has 0 aliphatic heterocycles. The Labute approximate surface area is 138 Å². The van der Waals surface area contributed by atoms with Gasteiger partial charge in [0.15, 0.2) is 0 Å². The number of benzene rings is 3. The minimum Gasteiger partial charge on any atom is -0.435 e. The molecule has 122 valence electrons. The lowest BCUT2D eigenvalue weighted by Gasteiger charge is -2.09. The first-order valence-corrected chi connectivity index (χ1v) is 7.45. The van der Waals surface area contributed by atoms with E-state index in [1.807, 2.05) is 37.3 Å². The normalized spacial score (nSPS) is 10.9. The molecule has 4 heteroatoms. The van der Waals surface area contributed by atoms with Crippen molar-refractivity contribution in [1.82, 2.24) is 0 Å². The third-order valence-corrected chi connectivity index (χ3v) is 3.74. The van der Waals surface area contributed by atoms with E-state index in [2.05, 4.69) is 4.74 Å². The van der Waals surface area contributed by atoms with Crippen molar-refractivity contribution >= 4 is 0 Å². The molecular weight excluding hydrogens is 313 g/mol. The Morgan fingerprint density at radius 2 is 1.33 bits per heavy atom. The van der Waals surface area contributed by atoms with E-state index in [1.165, 1.54) is 18.2 Å². The fraction of sp³-hybridized carbons (Fsp3) is 0.100. The van der Waals surface area contributed by atoms with Gasteiger partial charge >= 0.3 is 6.61 Å². The van der Waals surface area contributed by atoms with Crippen LogP contribution in [0, 0.1) is 12.7 Å². The fourth-order valence-corrected chi connectivity index (χ4v) is 2.49. The van der Waals surface area contributed by atoms with Gasteiger partial charge in [-0.15, -0.1) is 0 Å². The van der Waals surface area contributed by atoms with Crippen molar-refractivity contribution in [1.29, 1.82) is 0 Å². The van der Waals surface area contributed by atoms with Gasteiger partial charge in [-0.3, -0.25) is 0 Å². The summed E-state index contributed by atoms with van der Waals surface area (Å²) in [7, 11) is 0. The van der Waals surface area contributed by atoms with Crippen molar-refractivity contribution in [3.8, 4) is 28.0 Å².